The maximum absolute atomic E-state index is 13.6. The largest absolute Gasteiger partial charge is 0.399 e. The molecule has 6 rings (SSSR count). The lowest BCUT2D eigenvalue weighted by molar-refractivity contribution is 0.0532. The van der Waals surface area contributed by atoms with E-state index in [4.69, 9.17) is 5.73 Å². The molecule has 0 atom stereocenters. The minimum Gasteiger partial charge on any atom is -0.399 e. The molecule has 1 aliphatic heterocycles. The van der Waals surface area contributed by atoms with Crippen LogP contribution in [-0.2, 0) is 10.0 Å². The molecule has 4 N–H and O–H groups in total. The number of nitrogen functional groups attached to an aromatic ring is 1. The number of rotatable bonds is 6. The number of fused-ring (bicyclic) bond motifs is 1. The van der Waals surface area contributed by atoms with Crippen LogP contribution in [0.1, 0.15) is 20.8 Å². The Hall–Kier alpha value is -5.23. The number of imidazole rings is 1. The van der Waals surface area contributed by atoms with Crippen molar-refractivity contribution < 1.29 is 18.0 Å². The summed E-state index contributed by atoms with van der Waals surface area (Å²) in [5, 5.41) is 0.875. The number of hydrogen-bond donors (Lipinski definition) is 3. The molecule has 12 heteroatoms. The first-order valence-electron chi connectivity index (χ1n) is 13.2. The summed E-state index contributed by atoms with van der Waals surface area (Å²) in [7, 11) is -4.04. The van der Waals surface area contributed by atoms with Crippen molar-refractivity contribution in [3.8, 4) is 11.1 Å². The Morgan fingerprint density at radius 3 is 2.29 bits per heavy atom. The zero-order chi connectivity index (χ0) is 29.3. The number of aromatic nitrogens is 3. The third kappa shape index (κ3) is 5.27. The van der Waals surface area contributed by atoms with Crippen LogP contribution in [0.25, 0.3) is 22.0 Å². The first-order valence-corrected chi connectivity index (χ1v) is 14.7. The fourth-order valence-electron chi connectivity index (χ4n) is 5.04. The molecule has 11 nitrogen and oxygen atoms in total. The van der Waals surface area contributed by atoms with E-state index >= 15 is 0 Å². The van der Waals surface area contributed by atoms with Gasteiger partial charge in [0.05, 0.1) is 22.9 Å². The van der Waals surface area contributed by atoms with E-state index in [1.165, 1.54) is 18.6 Å². The number of carbonyl (C=O) groups is 2. The Morgan fingerprint density at radius 2 is 1.57 bits per heavy atom. The SMILES string of the molecule is Nc1ccc(S(=O)(=O)Nc2ccc(C(=O)N3CCN(C(=O)c4cnc[nH]4)CC3)cc2)c(-c2cccc3cccnc23)c1. The monoisotopic (exact) mass is 581 g/mol. The standard InChI is InChI=1S/C30H27N7O4S/c31-22-8-11-27(25(17-22)24-5-1-3-20-4-2-12-33-28(20)24)42(40,41)35-23-9-6-21(7-10-23)29(38)36-13-15-37(16-14-36)30(39)26-18-32-19-34-26/h1-12,17-19,35H,13-16,31H2,(H,32,34). The summed E-state index contributed by atoms with van der Waals surface area (Å²) in [5.41, 5.74) is 9.36. The highest BCUT2D eigenvalue weighted by Crippen LogP contribution is 2.34. The molecule has 3 heterocycles. The van der Waals surface area contributed by atoms with E-state index in [9.17, 15) is 18.0 Å². The summed E-state index contributed by atoms with van der Waals surface area (Å²) in [6.07, 6.45) is 4.59. The van der Waals surface area contributed by atoms with Crippen molar-refractivity contribution in [1.29, 1.82) is 0 Å². The van der Waals surface area contributed by atoms with Gasteiger partial charge >= 0.3 is 0 Å². The van der Waals surface area contributed by atoms with Gasteiger partial charge in [-0.15, -0.1) is 0 Å². The number of piperazine rings is 1. The second-order valence-corrected chi connectivity index (χ2v) is 11.5. The van der Waals surface area contributed by atoms with E-state index in [-0.39, 0.29) is 16.7 Å². The van der Waals surface area contributed by atoms with Gasteiger partial charge in [-0.2, -0.15) is 0 Å². The summed E-state index contributed by atoms with van der Waals surface area (Å²) < 4.78 is 29.8. The predicted octanol–water partition coefficient (Wildman–Crippen LogP) is 3.61. The van der Waals surface area contributed by atoms with E-state index in [1.807, 2.05) is 30.3 Å². The topological polar surface area (TPSA) is 154 Å². The number of aromatic amines is 1. The smallest absolute Gasteiger partial charge is 0.272 e. The third-order valence-electron chi connectivity index (χ3n) is 7.18. The van der Waals surface area contributed by atoms with Gasteiger partial charge in [0.2, 0.25) is 0 Å². The first-order chi connectivity index (χ1) is 20.3. The highest BCUT2D eigenvalue weighted by atomic mass is 32.2. The van der Waals surface area contributed by atoms with Crippen molar-refractivity contribution >= 4 is 44.1 Å². The van der Waals surface area contributed by atoms with Crippen molar-refractivity contribution in [2.45, 2.75) is 4.90 Å². The van der Waals surface area contributed by atoms with Crippen LogP contribution in [0, 0.1) is 0 Å². The highest BCUT2D eigenvalue weighted by Gasteiger charge is 2.26. The maximum atomic E-state index is 13.6. The summed E-state index contributed by atoms with van der Waals surface area (Å²) in [6.45, 7) is 1.57. The molecule has 2 aromatic heterocycles. The van der Waals surface area contributed by atoms with Crippen LogP contribution in [0.5, 0.6) is 0 Å². The molecule has 1 aliphatic rings. The van der Waals surface area contributed by atoms with Crippen LogP contribution in [0.15, 0.2) is 96.4 Å². The molecular formula is C30H27N7O4S. The Bertz CT molecular complexity index is 1880. The van der Waals surface area contributed by atoms with Crippen molar-refractivity contribution in [3.63, 3.8) is 0 Å². The molecule has 0 saturated carbocycles. The maximum Gasteiger partial charge on any atom is 0.272 e. The zero-order valence-corrected chi connectivity index (χ0v) is 23.2. The molecule has 3 aromatic carbocycles. The van der Waals surface area contributed by atoms with Crippen molar-refractivity contribution in [2.75, 3.05) is 36.6 Å². The summed E-state index contributed by atoms with van der Waals surface area (Å²) in [4.78, 5) is 40.2. The van der Waals surface area contributed by atoms with E-state index < -0.39 is 10.0 Å². The zero-order valence-electron chi connectivity index (χ0n) is 22.4. The van der Waals surface area contributed by atoms with Gasteiger partial charge in [-0.05, 0) is 48.5 Å². The molecule has 0 aliphatic carbocycles. The highest BCUT2D eigenvalue weighted by molar-refractivity contribution is 7.92. The van der Waals surface area contributed by atoms with Gasteiger partial charge in [0.15, 0.2) is 0 Å². The molecule has 42 heavy (non-hydrogen) atoms. The second kappa shape index (κ2) is 11.0. The van der Waals surface area contributed by atoms with Crippen LogP contribution in [-0.4, -0.2) is 71.2 Å². The number of carbonyl (C=O) groups excluding carboxylic acids is 2. The average molecular weight is 582 g/mol. The Labute approximate surface area is 242 Å². The summed E-state index contributed by atoms with van der Waals surface area (Å²) in [6, 6.07) is 20.2. The molecule has 5 aromatic rings. The number of sulfonamides is 1. The van der Waals surface area contributed by atoms with E-state index in [0.717, 1.165) is 5.39 Å². The van der Waals surface area contributed by atoms with Crippen LogP contribution in [0.4, 0.5) is 11.4 Å². The van der Waals surface area contributed by atoms with Crippen LogP contribution >= 0.6 is 0 Å². The lowest BCUT2D eigenvalue weighted by Crippen LogP contribution is -2.50. The number of nitrogens with two attached hydrogens (primary N) is 1. The Kier molecular flexibility index (Phi) is 7.05. The molecule has 1 saturated heterocycles. The molecular weight excluding hydrogens is 554 g/mol. The molecule has 0 spiro atoms. The van der Waals surface area contributed by atoms with Gasteiger partial charge in [-0.3, -0.25) is 19.3 Å². The van der Waals surface area contributed by atoms with Gasteiger partial charge in [0.25, 0.3) is 21.8 Å². The number of nitrogens with zero attached hydrogens (tertiary/aromatic N) is 4. The summed E-state index contributed by atoms with van der Waals surface area (Å²) >= 11 is 0. The van der Waals surface area contributed by atoms with Gasteiger partial charge in [-0.25, -0.2) is 13.4 Å². The molecule has 2 amide bonds. The van der Waals surface area contributed by atoms with Gasteiger partial charge in [0, 0.05) is 65.8 Å². The summed E-state index contributed by atoms with van der Waals surface area (Å²) in [5.74, 6) is -0.348. The lowest BCUT2D eigenvalue weighted by Gasteiger charge is -2.34. The minimum absolute atomic E-state index is 0.0533. The van der Waals surface area contributed by atoms with E-state index in [2.05, 4.69) is 19.7 Å². The number of nitrogens with one attached hydrogen (secondary N) is 2. The molecule has 0 radical (unpaired) electrons. The number of H-pyrrole nitrogens is 1. The molecule has 212 valence electrons. The first kappa shape index (κ1) is 27.0. The number of benzene rings is 3. The average Bonchev–Trinajstić information content (AvgIpc) is 3.55. The fourth-order valence-corrected chi connectivity index (χ4v) is 6.31. The van der Waals surface area contributed by atoms with Crippen LogP contribution < -0.4 is 10.5 Å². The number of hydrogen-bond acceptors (Lipinski definition) is 7. The Balaban J connectivity index is 1.18. The van der Waals surface area contributed by atoms with Crippen LogP contribution in [0.3, 0.4) is 0 Å². The predicted molar refractivity (Wildman–Crippen MR) is 159 cm³/mol. The molecule has 0 bridgehead atoms. The van der Waals surface area contributed by atoms with Gasteiger partial charge in [-0.1, -0.05) is 24.3 Å². The quantitative estimate of drug-likeness (QED) is 0.259. The van der Waals surface area contributed by atoms with Crippen LogP contribution in [0.2, 0.25) is 0 Å². The van der Waals surface area contributed by atoms with Gasteiger partial charge < -0.3 is 20.5 Å². The third-order valence-corrected chi connectivity index (χ3v) is 8.62. The normalized spacial score (nSPS) is 13.7. The fraction of sp³-hybridized carbons (Fsp3) is 0.133. The number of anilines is 2. The second-order valence-electron chi connectivity index (χ2n) is 9.87. The number of pyridine rings is 1. The number of para-hydroxylation sites is 1. The molecule has 0 unspecified atom stereocenters. The van der Waals surface area contributed by atoms with Crippen molar-refractivity contribution in [3.05, 3.63) is 103 Å². The van der Waals surface area contributed by atoms with Crippen molar-refractivity contribution in [2.24, 2.45) is 0 Å². The van der Waals surface area contributed by atoms with E-state index in [0.29, 0.717) is 65.5 Å². The Morgan fingerprint density at radius 1 is 0.857 bits per heavy atom. The number of amides is 2. The van der Waals surface area contributed by atoms with E-state index in [1.54, 1.807) is 52.4 Å². The lowest BCUT2D eigenvalue weighted by atomic mass is 10.0. The molecule has 1 fully saturated rings. The van der Waals surface area contributed by atoms with Crippen molar-refractivity contribution in [1.82, 2.24) is 24.8 Å². The minimum atomic E-state index is -4.04. The van der Waals surface area contributed by atoms with Gasteiger partial charge in [0.1, 0.15) is 5.69 Å².